The van der Waals surface area contributed by atoms with E-state index in [4.69, 9.17) is 16.3 Å². The maximum absolute atomic E-state index is 14.7. The molecule has 5 unspecified atom stereocenters. The lowest BCUT2D eigenvalue weighted by Gasteiger charge is -2.37. The molecule has 3 N–H and O–H groups in total. The Morgan fingerprint density at radius 1 is 1.31 bits per heavy atom. The average Bonchev–Trinajstić information content (AvgIpc) is 3.38. The second kappa shape index (κ2) is 8.55. The summed E-state index contributed by atoms with van der Waals surface area (Å²) >= 11 is 6.21. The number of likely N-dealkylation sites (N-methyl/N-ethyl adjacent to an activating group) is 1. The number of hydrazine groups is 1. The Hall–Kier alpha value is -0.520. The lowest BCUT2D eigenvalue weighted by Crippen LogP contribution is -2.52. The Bertz CT molecular complexity index is 729. The minimum atomic E-state index is -3.73. The molecule has 2 bridgehead atoms. The van der Waals surface area contributed by atoms with Crippen molar-refractivity contribution in [1.29, 1.82) is 0 Å². The smallest absolute Gasteiger partial charge is 0.241 e. The third-order valence-corrected chi connectivity index (χ3v) is 8.55. The molecule has 0 aromatic rings. The number of fused-ring (bicyclic) bond motifs is 2. The van der Waals surface area contributed by atoms with Gasteiger partial charge >= 0.3 is 0 Å². The normalized spacial score (nSPS) is 43.0. The molecule has 1 amide bonds. The van der Waals surface area contributed by atoms with Crippen LogP contribution in [-0.2, 0) is 19.6 Å². The van der Waals surface area contributed by atoms with Crippen LogP contribution in [0.5, 0.6) is 0 Å². The topological polar surface area (TPSA) is 99.8 Å². The Morgan fingerprint density at radius 3 is 2.72 bits per heavy atom. The second-order valence-corrected chi connectivity index (χ2v) is 11.4. The molecular formula is C18H30ClFN4O4S. The van der Waals surface area contributed by atoms with Gasteiger partial charge in [-0.15, -0.1) is 16.4 Å². The Balaban J connectivity index is 1.31. The fourth-order valence-corrected chi connectivity index (χ4v) is 6.98. The van der Waals surface area contributed by atoms with Crippen molar-refractivity contribution in [3.8, 4) is 0 Å². The van der Waals surface area contributed by atoms with E-state index in [9.17, 15) is 17.6 Å². The Labute approximate surface area is 176 Å². The molecule has 1 aliphatic carbocycles. The number of rotatable bonds is 6. The van der Waals surface area contributed by atoms with E-state index in [1.807, 2.05) is 7.05 Å². The fraction of sp³-hybridized carbons (Fsp3) is 0.944. The number of sulfonamides is 1. The molecule has 0 aromatic heterocycles. The highest BCUT2D eigenvalue weighted by atomic mass is 35.5. The van der Waals surface area contributed by atoms with Crippen molar-refractivity contribution < 1.29 is 22.3 Å². The number of alkyl halides is 2. The third-order valence-electron chi connectivity index (χ3n) is 6.85. The van der Waals surface area contributed by atoms with Crippen LogP contribution in [0.1, 0.15) is 32.1 Å². The number of ether oxygens (including phenoxy) is 1. The standard InChI is InChI=1S/C18H30ClFN4O4S/c1-24-7-15(21-9-24)10-5-13(17(20)14(19)6-10)18(25)22-23-29(26,27)8-11-4-12-2-3-16(11)28-12/h10-17,21,23H,2-9H2,1H3,(H,22,25)/t10?,11-,12-,13?,14?,15?,16+,17?/m1/s1. The molecule has 166 valence electrons. The summed E-state index contributed by atoms with van der Waals surface area (Å²) in [6.07, 6.45) is 2.06. The first-order chi connectivity index (χ1) is 13.7. The maximum atomic E-state index is 14.7. The van der Waals surface area contributed by atoms with Crippen LogP contribution in [0.4, 0.5) is 4.39 Å². The summed E-state index contributed by atoms with van der Waals surface area (Å²) in [5.41, 5.74) is 2.23. The predicted octanol–water partition coefficient (Wildman–Crippen LogP) is 0.337. The minimum Gasteiger partial charge on any atom is -0.375 e. The number of nitrogens with one attached hydrogen (secondary N) is 3. The first-order valence-corrected chi connectivity index (χ1v) is 12.5. The van der Waals surface area contributed by atoms with Crippen molar-refractivity contribution in [2.24, 2.45) is 17.8 Å². The molecule has 1 saturated carbocycles. The van der Waals surface area contributed by atoms with Crippen LogP contribution in [0.2, 0.25) is 0 Å². The number of carbonyl (C=O) groups excluding carboxylic acids is 1. The predicted molar refractivity (Wildman–Crippen MR) is 106 cm³/mol. The van der Waals surface area contributed by atoms with Crippen LogP contribution >= 0.6 is 11.6 Å². The summed E-state index contributed by atoms with van der Waals surface area (Å²) in [4.78, 5) is 16.9. The van der Waals surface area contributed by atoms with E-state index in [0.29, 0.717) is 12.8 Å². The Kier molecular flexibility index (Phi) is 6.40. The van der Waals surface area contributed by atoms with Gasteiger partial charge < -0.3 is 4.74 Å². The largest absolute Gasteiger partial charge is 0.375 e. The number of amides is 1. The molecular weight excluding hydrogens is 423 g/mol. The van der Waals surface area contributed by atoms with Crippen molar-refractivity contribution in [2.45, 2.75) is 61.9 Å². The number of halogens is 2. The van der Waals surface area contributed by atoms with Crippen molar-refractivity contribution in [3.63, 3.8) is 0 Å². The quantitative estimate of drug-likeness (QED) is 0.397. The van der Waals surface area contributed by atoms with Crippen molar-refractivity contribution in [3.05, 3.63) is 0 Å². The summed E-state index contributed by atoms with van der Waals surface area (Å²) in [5, 5.41) is 2.61. The summed E-state index contributed by atoms with van der Waals surface area (Å²) in [7, 11) is -1.73. The van der Waals surface area contributed by atoms with Crippen LogP contribution in [0, 0.1) is 17.8 Å². The molecule has 0 spiro atoms. The van der Waals surface area contributed by atoms with Crippen LogP contribution in [0.15, 0.2) is 0 Å². The van der Waals surface area contributed by atoms with E-state index in [-0.39, 0.29) is 35.8 Å². The molecule has 3 saturated heterocycles. The van der Waals surface area contributed by atoms with E-state index in [0.717, 1.165) is 32.5 Å². The molecule has 8 atom stereocenters. The molecule has 11 heteroatoms. The summed E-state index contributed by atoms with van der Waals surface area (Å²) in [6, 6.07) is 0.151. The van der Waals surface area contributed by atoms with Crippen LogP contribution < -0.4 is 15.6 Å². The molecule has 4 aliphatic rings. The van der Waals surface area contributed by atoms with E-state index >= 15 is 0 Å². The van der Waals surface area contributed by atoms with Crippen molar-refractivity contribution >= 4 is 27.5 Å². The second-order valence-electron chi connectivity index (χ2n) is 9.05. The van der Waals surface area contributed by atoms with Gasteiger partial charge in [0.1, 0.15) is 6.17 Å². The number of hydrogen-bond acceptors (Lipinski definition) is 6. The third kappa shape index (κ3) is 4.88. The first-order valence-electron chi connectivity index (χ1n) is 10.4. The summed E-state index contributed by atoms with van der Waals surface area (Å²) in [5.74, 6) is -1.73. The molecule has 4 fully saturated rings. The van der Waals surface area contributed by atoms with Crippen molar-refractivity contribution in [1.82, 2.24) is 20.5 Å². The van der Waals surface area contributed by atoms with Gasteiger partial charge in [0.05, 0.1) is 29.3 Å². The fourth-order valence-electron chi connectivity index (χ4n) is 5.32. The zero-order valence-corrected chi connectivity index (χ0v) is 18.1. The number of hydrogen-bond donors (Lipinski definition) is 3. The van der Waals surface area contributed by atoms with Gasteiger partial charge in [-0.2, -0.15) is 0 Å². The van der Waals surface area contributed by atoms with Crippen LogP contribution in [0.3, 0.4) is 0 Å². The SMILES string of the molecule is CN1CNC(C2CC(Cl)C(F)C(C(=O)NNS(=O)(=O)C[C@H]3C[C@H]4CC[C@@H]3O4)C2)C1. The number of nitrogens with zero attached hydrogens (tertiary/aromatic N) is 1. The minimum absolute atomic E-state index is 0.0179. The van der Waals surface area contributed by atoms with Gasteiger partial charge in [0.15, 0.2) is 0 Å². The van der Waals surface area contributed by atoms with Crippen LogP contribution in [0.25, 0.3) is 0 Å². The lowest BCUT2D eigenvalue weighted by atomic mass is 9.76. The van der Waals surface area contributed by atoms with E-state index in [1.54, 1.807) is 0 Å². The van der Waals surface area contributed by atoms with Crippen molar-refractivity contribution in [2.75, 3.05) is 26.0 Å². The van der Waals surface area contributed by atoms with Gasteiger partial charge in [-0.3, -0.25) is 20.4 Å². The van der Waals surface area contributed by atoms with E-state index in [2.05, 4.69) is 20.5 Å². The van der Waals surface area contributed by atoms with E-state index in [1.165, 1.54) is 0 Å². The monoisotopic (exact) mass is 452 g/mol. The highest BCUT2D eigenvalue weighted by molar-refractivity contribution is 7.89. The maximum Gasteiger partial charge on any atom is 0.241 e. The van der Waals surface area contributed by atoms with Gasteiger partial charge in [0, 0.05) is 25.2 Å². The lowest BCUT2D eigenvalue weighted by molar-refractivity contribution is -0.129. The van der Waals surface area contributed by atoms with Gasteiger partial charge in [-0.05, 0) is 45.1 Å². The molecule has 0 aromatic carbocycles. The highest BCUT2D eigenvalue weighted by Gasteiger charge is 2.45. The molecule has 3 aliphatic heterocycles. The summed E-state index contributed by atoms with van der Waals surface area (Å²) in [6.45, 7) is 1.56. The Morgan fingerprint density at radius 2 is 2.10 bits per heavy atom. The number of carbonyl (C=O) groups is 1. The zero-order valence-electron chi connectivity index (χ0n) is 16.5. The van der Waals surface area contributed by atoms with E-state index < -0.39 is 33.4 Å². The van der Waals surface area contributed by atoms with Crippen LogP contribution in [-0.4, -0.2) is 75.0 Å². The average molecular weight is 453 g/mol. The molecule has 0 radical (unpaired) electrons. The molecule has 3 heterocycles. The van der Waals surface area contributed by atoms with Gasteiger partial charge in [-0.1, -0.05) is 0 Å². The van der Waals surface area contributed by atoms with Gasteiger partial charge in [0.25, 0.3) is 0 Å². The molecule has 4 rings (SSSR count). The first kappa shape index (κ1) is 21.7. The zero-order chi connectivity index (χ0) is 20.8. The van der Waals surface area contributed by atoms with Gasteiger partial charge in [-0.25, -0.2) is 12.8 Å². The summed E-state index contributed by atoms with van der Waals surface area (Å²) < 4.78 is 45.1. The molecule has 29 heavy (non-hydrogen) atoms. The van der Waals surface area contributed by atoms with Gasteiger partial charge in [0.2, 0.25) is 15.9 Å². The highest BCUT2D eigenvalue weighted by Crippen LogP contribution is 2.39. The molecule has 8 nitrogen and oxygen atoms in total.